The second-order valence-corrected chi connectivity index (χ2v) is 7.93. The Morgan fingerprint density at radius 3 is 2.78 bits per heavy atom. The third kappa shape index (κ3) is 4.43. The molecule has 0 unspecified atom stereocenters. The third-order valence-corrected chi connectivity index (χ3v) is 5.52. The van der Waals surface area contributed by atoms with Crippen LogP contribution in [-0.4, -0.2) is 39.7 Å². The fourth-order valence-electron chi connectivity index (χ4n) is 3.76. The van der Waals surface area contributed by atoms with Crippen LogP contribution in [0.25, 0.3) is 5.65 Å². The molecule has 2 heterocycles. The Kier molecular flexibility index (Phi) is 6.37. The number of hydrogen-bond donors (Lipinski definition) is 2. The van der Waals surface area contributed by atoms with Gasteiger partial charge in [-0.1, -0.05) is 33.1 Å². The van der Waals surface area contributed by atoms with Crippen molar-refractivity contribution < 1.29 is 14.6 Å². The fraction of sp³-hybridized carbons (Fsp3) is 0.619. The quantitative estimate of drug-likeness (QED) is 0.780. The number of aryl methyl sites for hydroxylation is 1. The van der Waals surface area contributed by atoms with Gasteiger partial charge in [-0.2, -0.15) is 0 Å². The van der Waals surface area contributed by atoms with Crippen LogP contribution in [0.5, 0.6) is 5.75 Å². The minimum atomic E-state index is -0.284. The second kappa shape index (κ2) is 8.74. The number of pyridine rings is 1. The summed E-state index contributed by atoms with van der Waals surface area (Å²) in [6, 6.07) is 3.51. The largest absolute Gasteiger partial charge is 0.489 e. The standard InChI is InChI=1S/C21H31N3O3/c1-14(2)17(12-25)23-21(26)19-15(3)22-20-18(10-7-11-24(19)20)27-13-16-8-5-4-6-9-16/h7,10-11,14,16-17,25H,4-6,8-9,12-13H2,1-3H3,(H,23,26)/t17-/m1/s1. The molecule has 2 N–H and O–H groups in total. The molecule has 1 amide bonds. The third-order valence-electron chi connectivity index (χ3n) is 5.52. The van der Waals surface area contributed by atoms with Gasteiger partial charge in [-0.3, -0.25) is 9.20 Å². The number of nitrogens with zero attached hydrogens (tertiary/aromatic N) is 2. The van der Waals surface area contributed by atoms with Crippen LogP contribution < -0.4 is 10.1 Å². The zero-order valence-corrected chi connectivity index (χ0v) is 16.6. The molecule has 1 saturated carbocycles. The molecule has 0 radical (unpaired) electrons. The number of aliphatic hydroxyl groups excluding tert-OH is 1. The smallest absolute Gasteiger partial charge is 0.270 e. The summed E-state index contributed by atoms with van der Waals surface area (Å²) >= 11 is 0. The average Bonchev–Trinajstić information content (AvgIpc) is 3.01. The maximum atomic E-state index is 12.8. The van der Waals surface area contributed by atoms with Crippen LogP contribution >= 0.6 is 0 Å². The second-order valence-electron chi connectivity index (χ2n) is 7.93. The summed E-state index contributed by atoms with van der Waals surface area (Å²) in [7, 11) is 0. The molecule has 148 valence electrons. The Balaban J connectivity index is 1.81. The molecule has 1 aliphatic carbocycles. The van der Waals surface area contributed by atoms with Crippen molar-refractivity contribution in [2.24, 2.45) is 11.8 Å². The fourth-order valence-corrected chi connectivity index (χ4v) is 3.76. The number of aliphatic hydroxyl groups is 1. The molecule has 6 nitrogen and oxygen atoms in total. The van der Waals surface area contributed by atoms with Gasteiger partial charge in [0, 0.05) is 6.20 Å². The van der Waals surface area contributed by atoms with E-state index >= 15 is 0 Å². The van der Waals surface area contributed by atoms with Gasteiger partial charge in [0.25, 0.3) is 5.91 Å². The first-order chi connectivity index (χ1) is 13.0. The number of nitrogens with one attached hydrogen (secondary N) is 1. The first kappa shape index (κ1) is 19.7. The van der Waals surface area contributed by atoms with Crippen molar-refractivity contribution in [3.05, 3.63) is 29.7 Å². The van der Waals surface area contributed by atoms with Gasteiger partial charge in [0.05, 0.1) is 24.9 Å². The molecule has 1 atom stereocenters. The van der Waals surface area contributed by atoms with Crippen LogP contribution in [0.3, 0.4) is 0 Å². The normalized spacial score (nSPS) is 16.6. The number of fused-ring (bicyclic) bond motifs is 1. The predicted octanol–water partition coefficient (Wildman–Crippen LogP) is 3.35. The lowest BCUT2D eigenvalue weighted by molar-refractivity contribution is 0.0890. The van der Waals surface area contributed by atoms with Crippen molar-refractivity contribution >= 4 is 11.6 Å². The zero-order chi connectivity index (χ0) is 19.4. The minimum Gasteiger partial charge on any atom is -0.489 e. The summed E-state index contributed by atoms with van der Waals surface area (Å²) < 4.78 is 7.88. The number of ether oxygens (including phenoxy) is 1. The molecule has 0 bridgehead atoms. The number of carbonyl (C=O) groups excluding carboxylic acids is 1. The van der Waals surface area contributed by atoms with E-state index in [2.05, 4.69) is 10.3 Å². The topological polar surface area (TPSA) is 75.9 Å². The highest BCUT2D eigenvalue weighted by Gasteiger charge is 2.23. The lowest BCUT2D eigenvalue weighted by Gasteiger charge is -2.21. The number of hydrogen-bond acceptors (Lipinski definition) is 4. The predicted molar refractivity (Wildman–Crippen MR) is 105 cm³/mol. The first-order valence-electron chi connectivity index (χ1n) is 10.0. The molecular formula is C21H31N3O3. The number of aromatic nitrogens is 2. The van der Waals surface area contributed by atoms with Gasteiger partial charge in [-0.05, 0) is 43.7 Å². The molecule has 0 saturated heterocycles. The van der Waals surface area contributed by atoms with E-state index in [4.69, 9.17) is 4.74 Å². The Bertz CT molecular complexity index is 778. The number of imidazole rings is 1. The summed E-state index contributed by atoms with van der Waals surface area (Å²) in [6.45, 7) is 6.39. The van der Waals surface area contributed by atoms with Gasteiger partial charge in [0.2, 0.25) is 0 Å². The Morgan fingerprint density at radius 1 is 1.37 bits per heavy atom. The van der Waals surface area contributed by atoms with E-state index in [-0.39, 0.29) is 24.5 Å². The highest BCUT2D eigenvalue weighted by molar-refractivity contribution is 5.95. The Morgan fingerprint density at radius 2 is 2.11 bits per heavy atom. The zero-order valence-electron chi connectivity index (χ0n) is 16.6. The van der Waals surface area contributed by atoms with Crippen molar-refractivity contribution in [3.8, 4) is 5.75 Å². The maximum Gasteiger partial charge on any atom is 0.270 e. The van der Waals surface area contributed by atoms with Crippen LogP contribution in [0.15, 0.2) is 18.3 Å². The molecule has 2 aromatic heterocycles. The van der Waals surface area contributed by atoms with Gasteiger partial charge >= 0.3 is 0 Å². The number of amides is 1. The maximum absolute atomic E-state index is 12.8. The molecule has 1 fully saturated rings. The van der Waals surface area contributed by atoms with E-state index in [1.165, 1.54) is 32.1 Å². The molecule has 0 aromatic carbocycles. The average molecular weight is 373 g/mol. The van der Waals surface area contributed by atoms with Crippen LogP contribution in [-0.2, 0) is 0 Å². The van der Waals surface area contributed by atoms with Gasteiger partial charge in [-0.15, -0.1) is 0 Å². The van der Waals surface area contributed by atoms with Gasteiger partial charge < -0.3 is 15.2 Å². The van der Waals surface area contributed by atoms with E-state index in [9.17, 15) is 9.90 Å². The van der Waals surface area contributed by atoms with Crippen molar-refractivity contribution in [1.29, 1.82) is 0 Å². The Hall–Kier alpha value is -2.08. The summed E-state index contributed by atoms with van der Waals surface area (Å²) in [5, 5.41) is 12.4. The summed E-state index contributed by atoms with van der Waals surface area (Å²) in [4.78, 5) is 17.4. The number of carbonyl (C=O) groups is 1. The van der Waals surface area contributed by atoms with Crippen LogP contribution in [0, 0.1) is 18.8 Å². The van der Waals surface area contributed by atoms with Gasteiger partial charge in [0.15, 0.2) is 11.4 Å². The molecule has 27 heavy (non-hydrogen) atoms. The monoisotopic (exact) mass is 373 g/mol. The van der Waals surface area contributed by atoms with Crippen molar-refractivity contribution in [3.63, 3.8) is 0 Å². The van der Waals surface area contributed by atoms with E-state index < -0.39 is 0 Å². The summed E-state index contributed by atoms with van der Waals surface area (Å²) in [5.41, 5.74) is 1.81. The molecule has 0 spiro atoms. The van der Waals surface area contributed by atoms with E-state index in [1.807, 2.05) is 39.1 Å². The molecule has 1 aliphatic rings. The van der Waals surface area contributed by atoms with Crippen LogP contribution in [0.4, 0.5) is 0 Å². The highest BCUT2D eigenvalue weighted by atomic mass is 16.5. The van der Waals surface area contributed by atoms with Crippen molar-refractivity contribution in [2.45, 2.75) is 58.9 Å². The molecule has 3 rings (SSSR count). The van der Waals surface area contributed by atoms with Gasteiger partial charge in [0.1, 0.15) is 5.69 Å². The minimum absolute atomic E-state index is 0.0884. The van der Waals surface area contributed by atoms with Crippen molar-refractivity contribution in [2.75, 3.05) is 13.2 Å². The van der Waals surface area contributed by atoms with E-state index in [1.54, 1.807) is 4.40 Å². The lowest BCUT2D eigenvalue weighted by atomic mass is 9.90. The molecule has 0 aliphatic heterocycles. The highest BCUT2D eigenvalue weighted by Crippen LogP contribution is 2.27. The number of rotatable bonds is 7. The van der Waals surface area contributed by atoms with Crippen LogP contribution in [0.2, 0.25) is 0 Å². The SMILES string of the molecule is Cc1nc2c(OCC3CCCCC3)cccn2c1C(=O)N[C@H](CO)C(C)C. The molecule has 6 heteroatoms. The van der Waals surface area contributed by atoms with Crippen LogP contribution in [0.1, 0.15) is 62.1 Å². The van der Waals surface area contributed by atoms with Gasteiger partial charge in [-0.25, -0.2) is 4.98 Å². The van der Waals surface area contributed by atoms with E-state index in [0.717, 1.165) is 0 Å². The molecular weight excluding hydrogens is 342 g/mol. The lowest BCUT2D eigenvalue weighted by Crippen LogP contribution is -2.41. The summed E-state index contributed by atoms with van der Waals surface area (Å²) in [5.74, 6) is 1.24. The Labute approximate surface area is 160 Å². The van der Waals surface area contributed by atoms with Crippen molar-refractivity contribution in [1.82, 2.24) is 14.7 Å². The summed E-state index contributed by atoms with van der Waals surface area (Å²) in [6.07, 6.45) is 8.18. The first-order valence-corrected chi connectivity index (χ1v) is 10.0. The molecule has 2 aromatic rings. The van der Waals surface area contributed by atoms with E-state index in [0.29, 0.717) is 35.3 Å².